The second-order valence-corrected chi connectivity index (χ2v) is 10.2. The van der Waals surface area contributed by atoms with Crippen molar-refractivity contribution in [3.05, 3.63) is 37.7 Å². The summed E-state index contributed by atoms with van der Waals surface area (Å²) in [7, 11) is 0. The summed E-state index contributed by atoms with van der Waals surface area (Å²) in [6, 6.07) is 0.719. The van der Waals surface area contributed by atoms with Gasteiger partial charge in [-0.3, -0.25) is 9.36 Å². The molecule has 2 aromatic rings. The number of benzene rings is 1. The molecule has 1 aromatic carbocycles. The van der Waals surface area contributed by atoms with Gasteiger partial charge in [0.05, 0.1) is 21.6 Å². The van der Waals surface area contributed by atoms with E-state index < -0.39 is 34.9 Å². The van der Waals surface area contributed by atoms with Gasteiger partial charge in [-0.05, 0) is 52.0 Å². The molecule has 13 heteroatoms. The molecule has 2 amide bonds. The Bertz CT molecular complexity index is 1310. The molecule has 11 nitrogen and oxygen atoms in total. The van der Waals surface area contributed by atoms with Crippen molar-refractivity contribution >= 4 is 40.4 Å². The number of alkyl carbamates (subject to hydrolysis) is 1. The number of nitrogens with zero attached hydrogens (tertiary/aromatic N) is 3. The summed E-state index contributed by atoms with van der Waals surface area (Å²) in [5.41, 5.74) is -0.582. The van der Waals surface area contributed by atoms with E-state index in [-0.39, 0.29) is 33.6 Å². The van der Waals surface area contributed by atoms with E-state index in [4.69, 9.17) is 21.4 Å². The lowest BCUT2D eigenvalue weighted by atomic mass is 10.1. The Hall–Kier alpha value is -3.28. The van der Waals surface area contributed by atoms with E-state index in [9.17, 15) is 19.2 Å². The maximum atomic E-state index is 15.3. The SMILES string of the molecule is CC(C)(C)OC(=O)NCC1CCN(c2c(F)cc3c(=O)n(NC(=O)O)c(=O)n(C4CC4)c3c2Cl)C1. The normalized spacial score (nSPS) is 18.1. The third-order valence-corrected chi connectivity index (χ3v) is 6.25. The molecule has 1 saturated carbocycles. The molecule has 2 heterocycles. The van der Waals surface area contributed by atoms with Gasteiger partial charge in [-0.2, -0.15) is 4.68 Å². The molecule has 1 atom stereocenters. The monoisotopic (exact) mass is 511 g/mol. The van der Waals surface area contributed by atoms with Crippen molar-refractivity contribution in [1.82, 2.24) is 14.6 Å². The van der Waals surface area contributed by atoms with Crippen LogP contribution in [0.1, 0.15) is 46.1 Å². The average Bonchev–Trinajstić information content (AvgIpc) is 3.47. The molecule has 1 aliphatic carbocycles. The molecule has 2 fully saturated rings. The number of nitrogens with one attached hydrogen (secondary N) is 2. The van der Waals surface area contributed by atoms with E-state index in [0.717, 1.165) is 6.07 Å². The summed E-state index contributed by atoms with van der Waals surface area (Å²) >= 11 is 6.64. The van der Waals surface area contributed by atoms with Crippen LogP contribution in [-0.2, 0) is 4.74 Å². The number of halogens is 2. The minimum Gasteiger partial charge on any atom is -0.464 e. The van der Waals surface area contributed by atoms with Crippen LogP contribution in [0, 0.1) is 11.7 Å². The Kier molecular flexibility index (Phi) is 6.43. The quantitative estimate of drug-likeness (QED) is 0.561. The zero-order valence-electron chi connectivity index (χ0n) is 19.6. The fourth-order valence-electron chi connectivity index (χ4n) is 4.31. The first-order chi connectivity index (χ1) is 16.4. The maximum Gasteiger partial charge on any atom is 0.424 e. The molecule has 190 valence electrons. The number of carbonyl (C=O) groups excluding carboxylic acids is 1. The van der Waals surface area contributed by atoms with Crippen molar-refractivity contribution in [3.8, 4) is 0 Å². The molecule has 1 aromatic heterocycles. The van der Waals surface area contributed by atoms with E-state index in [0.29, 0.717) is 43.6 Å². The summed E-state index contributed by atoms with van der Waals surface area (Å²) < 4.78 is 22.2. The van der Waals surface area contributed by atoms with Crippen LogP contribution in [0.15, 0.2) is 15.7 Å². The Labute approximate surface area is 204 Å². The standard InChI is InChI=1S/C22H27ClFN5O6/c1-22(2,3)35-20(33)25-9-11-6-7-27(10-11)17-14(24)8-13-16(15(17)23)28(12-4-5-12)21(34)29(18(13)30)26-19(31)32/h8,11-12,26H,4-7,9-10H2,1-3H3,(H,25,33)(H,31,32). The summed E-state index contributed by atoms with van der Waals surface area (Å²) in [6.07, 6.45) is -0.192. The van der Waals surface area contributed by atoms with Gasteiger partial charge in [0.1, 0.15) is 11.4 Å². The predicted octanol–water partition coefficient (Wildman–Crippen LogP) is 2.86. The van der Waals surface area contributed by atoms with Crippen LogP contribution in [0.5, 0.6) is 0 Å². The summed E-state index contributed by atoms with van der Waals surface area (Å²) in [5, 5.41) is 11.5. The molecule has 1 unspecified atom stereocenters. The van der Waals surface area contributed by atoms with Crippen LogP contribution in [0.4, 0.5) is 19.7 Å². The summed E-state index contributed by atoms with van der Waals surface area (Å²) in [4.78, 5) is 50.6. The lowest BCUT2D eigenvalue weighted by Gasteiger charge is -2.24. The molecule has 0 radical (unpaired) electrons. The number of fused-ring (bicyclic) bond motifs is 1. The highest BCUT2D eigenvalue weighted by Crippen LogP contribution is 2.41. The second-order valence-electron chi connectivity index (χ2n) is 9.84. The van der Waals surface area contributed by atoms with E-state index in [1.54, 1.807) is 31.1 Å². The minimum absolute atomic E-state index is 0.00655. The molecule has 1 saturated heterocycles. The highest BCUT2D eigenvalue weighted by molar-refractivity contribution is 6.38. The van der Waals surface area contributed by atoms with E-state index >= 15 is 4.39 Å². The molecule has 35 heavy (non-hydrogen) atoms. The van der Waals surface area contributed by atoms with Crippen LogP contribution in [0.3, 0.4) is 0 Å². The maximum absolute atomic E-state index is 15.3. The molecule has 2 aliphatic rings. The Balaban J connectivity index is 1.67. The second kappa shape index (κ2) is 9.06. The van der Waals surface area contributed by atoms with E-state index in [1.165, 1.54) is 4.57 Å². The third-order valence-electron chi connectivity index (χ3n) is 5.90. The van der Waals surface area contributed by atoms with E-state index in [2.05, 4.69) is 5.32 Å². The van der Waals surface area contributed by atoms with Crippen LogP contribution >= 0.6 is 11.6 Å². The lowest BCUT2D eigenvalue weighted by molar-refractivity contribution is 0.0520. The smallest absolute Gasteiger partial charge is 0.424 e. The van der Waals surface area contributed by atoms with Crippen molar-refractivity contribution in [2.24, 2.45) is 5.92 Å². The largest absolute Gasteiger partial charge is 0.464 e. The Morgan fingerprint density at radius 1 is 1.26 bits per heavy atom. The zero-order valence-corrected chi connectivity index (χ0v) is 20.3. The fourth-order valence-corrected chi connectivity index (χ4v) is 4.71. The minimum atomic E-state index is -1.60. The molecule has 4 rings (SSSR count). The molecule has 1 aliphatic heterocycles. The topological polar surface area (TPSA) is 135 Å². The fraction of sp³-hybridized carbons (Fsp3) is 0.545. The van der Waals surface area contributed by atoms with Crippen LogP contribution in [0.2, 0.25) is 5.02 Å². The number of carboxylic acid groups (broad SMARTS) is 1. The first kappa shape index (κ1) is 24.8. The van der Waals surface area contributed by atoms with Gasteiger partial charge in [0.15, 0.2) is 0 Å². The number of hydrogen-bond donors (Lipinski definition) is 3. The van der Waals surface area contributed by atoms with Gasteiger partial charge in [-0.15, -0.1) is 0 Å². The van der Waals surface area contributed by atoms with Crippen LogP contribution < -0.4 is 26.9 Å². The highest BCUT2D eigenvalue weighted by Gasteiger charge is 2.33. The summed E-state index contributed by atoms with van der Waals surface area (Å²) in [6.45, 7) is 6.47. The number of carbonyl (C=O) groups is 2. The predicted molar refractivity (Wildman–Crippen MR) is 128 cm³/mol. The van der Waals surface area contributed by atoms with Crippen LogP contribution in [0.25, 0.3) is 10.9 Å². The van der Waals surface area contributed by atoms with E-state index in [1.807, 2.05) is 0 Å². The number of rotatable bonds is 5. The first-order valence-corrected chi connectivity index (χ1v) is 11.7. The third kappa shape index (κ3) is 5.07. The molecular formula is C22H27ClFN5O6. The number of anilines is 1. The van der Waals surface area contributed by atoms with Gasteiger partial charge < -0.3 is 20.1 Å². The average molecular weight is 512 g/mol. The highest BCUT2D eigenvalue weighted by atomic mass is 35.5. The van der Waals surface area contributed by atoms with Gasteiger partial charge in [0.2, 0.25) is 0 Å². The number of aromatic nitrogens is 2. The molecule has 0 spiro atoms. The van der Waals surface area contributed by atoms with Crippen LogP contribution in [-0.4, -0.2) is 51.8 Å². The molecule has 0 bridgehead atoms. The van der Waals surface area contributed by atoms with Crippen molar-refractivity contribution in [1.29, 1.82) is 0 Å². The number of ether oxygens (including phenoxy) is 1. The van der Waals surface area contributed by atoms with Gasteiger partial charge in [0, 0.05) is 25.7 Å². The van der Waals surface area contributed by atoms with Gasteiger partial charge in [-0.25, -0.2) is 24.2 Å². The van der Waals surface area contributed by atoms with Crippen molar-refractivity contribution < 1.29 is 23.8 Å². The molecular weight excluding hydrogens is 485 g/mol. The van der Waals surface area contributed by atoms with Gasteiger partial charge >= 0.3 is 17.9 Å². The Morgan fingerprint density at radius 3 is 2.54 bits per heavy atom. The van der Waals surface area contributed by atoms with Crippen molar-refractivity contribution in [3.63, 3.8) is 0 Å². The number of amides is 2. The lowest BCUT2D eigenvalue weighted by Crippen LogP contribution is -2.46. The van der Waals surface area contributed by atoms with Gasteiger partial charge in [0.25, 0.3) is 5.56 Å². The first-order valence-electron chi connectivity index (χ1n) is 11.3. The van der Waals surface area contributed by atoms with Gasteiger partial charge in [-0.1, -0.05) is 11.6 Å². The number of hydrogen-bond acceptors (Lipinski definition) is 6. The molecule has 3 N–H and O–H groups in total. The zero-order chi connectivity index (χ0) is 25.7. The Morgan fingerprint density at radius 2 is 1.94 bits per heavy atom. The van der Waals surface area contributed by atoms with Crippen molar-refractivity contribution in [2.45, 2.75) is 51.7 Å². The van der Waals surface area contributed by atoms with Crippen molar-refractivity contribution in [2.75, 3.05) is 30.0 Å². The summed E-state index contributed by atoms with van der Waals surface area (Å²) in [5.74, 6) is -0.754.